The molecule has 2 rings (SSSR count). The van der Waals surface area contributed by atoms with E-state index in [1.54, 1.807) is 4.68 Å². The van der Waals surface area contributed by atoms with E-state index >= 15 is 0 Å². The zero-order valence-corrected chi connectivity index (χ0v) is 14.8. The minimum absolute atomic E-state index is 0.0342. The first kappa shape index (κ1) is 17.5. The monoisotopic (exact) mass is 334 g/mol. The molecule has 0 saturated carbocycles. The topological polar surface area (TPSA) is 50.2 Å². The Balaban J connectivity index is 1.99. The number of nitrogens with zero attached hydrogens (tertiary/aromatic N) is 3. The first-order chi connectivity index (χ1) is 10.9. The number of carbonyl (C=O) groups is 1. The number of aryl methyl sites for hydroxylation is 2. The van der Waals surface area contributed by atoms with E-state index < -0.39 is 0 Å². The van der Waals surface area contributed by atoms with Crippen molar-refractivity contribution in [2.45, 2.75) is 27.3 Å². The largest absolute Gasteiger partial charge is 0.322 e. The van der Waals surface area contributed by atoms with Gasteiger partial charge in [-0.2, -0.15) is 5.10 Å². The van der Waals surface area contributed by atoms with Crippen molar-refractivity contribution in [1.29, 1.82) is 0 Å². The van der Waals surface area contributed by atoms with Gasteiger partial charge in [0.2, 0.25) is 5.91 Å². The number of hydrogen-bond acceptors (Lipinski definition) is 3. The average Bonchev–Trinajstić information content (AvgIpc) is 2.73. The molecule has 0 saturated heterocycles. The molecule has 5 nitrogen and oxygen atoms in total. The number of anilines is 1. The summed E-state index contributed by atoms with van der Waals surface area (Å²) in [6.07, 6.45) is 0. The molecular formula is C17H23ClN4O. The van der Waals surface area contributed by atoms with E-state index in [-0.39, 0.29) is 5.91 Å². The Morgan fingerprint density at radius 1 is 1.39 bits per heavy atom. The lowest BCUT2D eigenvalue weighted by Crippen LogP contribution is -2.33. The van der Waals surface area contributed by atoms with Crippen LogP contribution in [0.4, 0.5) is 5.69 Å². The van der Waals surface area contributed by atoms with Crippen molar-refractivity contribution in [2.75, 3.05) is 18.4 Å². The zero-order valence-electron chi connectivity index (χ0n) is 14.1. The van der Waals surface area contributed by atoms with Crippen LogP contribution in [0.3, 0.4) is 0 Å². The fourth-order valence-corrected chi connectivity index (χ4v) is 2.72. The van der Waals surface area contributed by atoms with Crippen molar-refractivity contribution >= 4 is 23.2 Å². The molecule has 0 aliphatic heterocycles. The van der Waals surface area contributed by atoms with Crippen LogP contribution < -0.4 is 5.32 Å². The normalized spacial score (nSPS) is 11.0. The van der Waals surface area contributed by atoms with Crippen molar-refractivity contribution in [3.63, 3.8) is 0 Å². The highest BCUT2D eigenvalue weighted by atomic mass is 35.5. The van der Waals surface area contributed by atoms with Crippen LogP contribution in [-0.4, -0.2) is 33.7 Å². The highest BCUT2D eigenvalue weighted by Crippen LogP contribution is 2.18. The van der Waals surface area contributed by atoms with E-state index in [4.69, 9.17) is 11.6 Å². The smallest absolute Gasteiger partial charge is 0.238 e. The first-order valence-corrected chi connectivity index (χ1v) is 8.05. The highest BCUT2D eigenvalue weighted by Gasteiger charge is 2.15. The highest BCUT2D eigenvalue weighted by molar-refractivity contribution is 6.30. The number of amides is 1. The van der Waals surface area contributed by atoms with Gasteiger partial charge in [0.25, 0.3) is 0 Å². The molecule has 1 amide bonds. The fraction of sp³-hybridized carbons (Fsp3) is 0.412. The van der Waals surface area contributed by atoms with E-state index in [0.717, 1.165) is 29.2 Å². The Bertz CT molecular complexity index is 696. The number of benzene rings is 1. The van der Waals surface area contributed by atoms with Gasteiger partial charge in [-0.05, 0) is 38.1 Å². The van der Waals surface area contributed by atoms with E-state index in [1.807, 2.05) is 52.1 Å². The molecule has 0 bridgehead atoms. The molecule has 0 fully saturated rings. The van der Waals surface area contributed by atoms with Gasteiger partial charge in [-0.25, -0.2) is 0 Å². The third-order valence-electron chi connectivity index (χ3n) is 3.88. The van der Waals surface area contributed by atoms with Crippen LogP contribution in [0.2, 0.25) is 5.02 Å². The maximum atomic E-state index is 12.3. The van der Waals surface area contributed by atoms with E-state index in [1.165, 1.54) is 0 Å². The lowest BCUT2D eigenvalue weighted by molar-refractivity contribution is -0.117. The maximum absolute atomic E-state index is 12.3. The van der Waals surface area contributed by atoms with Crippen molar-refractivity contribution in [1.82, 2.24) is 14.7 Å². The second-order valence-corrected chi connectivity index (χ2v) is 6.09. The molecule has 1 N–H and O–H groups in total. The van der Waals surface area contributed by atoms with Gasteiger partial charge >= 0.3 is 0 Å². The summed E-state index contributed by atoms with van der Waals surface area (Å²) in [5.41, 5.74) is 3.68. The summed E-state index contributed by atoms with van der Waals surface area (Å²) in [5.74, 6) is -0.0342. The van der Waals surface area contributed by atoms with Gasteiger partial charge in [-0.3, -0.25) is 14.4 Å². The second-order valence-electron chi connectivity index (χ2n) is 5.65. The van der Waals surface area contributed by atoms with Gasteiger partial charge < -0.3 is 5.32 Å². The number of rotatable bonds is 6. The van der Waals surface area contributed by atoms with Crippen LogP contribution in [0.25, 0.3) is 0 Å². The molecule has 0 aliphatic rings. The molecule has 1 heterocycles. The van der Waals surface area contributed by atoms with Crippen LogP contribution in [0.5, 0.6) is 0 Å². The Morgan fingerprint density at radius 3 is 2.70 bits per heavy atom. The van der Waals surface area contributed by atoms with Crippen LogP contribution in [0.15, 0.2) is 24.3 Å². The Morgan fingerprint density at radius 2 is 2.13 bits per heavy atom. The van der Waals surface area contributed by atoms with E-state index in [2.05, 4.69) is 15.3 Å². The van der Waals surface area contributed by atoms with E-state index in [9.17, 15) is 4.79 Å². The molecule has 1 aromatic heterocycles. The van der Waals surface area contributed by atoms with Gasteiger partial charge in [0.05, 0.1) is 23.6 Å². The average molecular weight is 335 g/mol. The van der Waals surface area contributed by atoms with Crippen LogP contribution in [0.1, 0.15) is 23.9 Å². The molecule has 0 spiro atoms. The predicted octanol–water partition coefficient (Wildman–Crippen LogP) is 3.15. The molecule has 0 atom stereocenters. The molecule has 0 aliphatic carbocycles. The summed E-state index contributed by atoms with van der Waals surface area (Å²) >= 11 is 6.01. The van der Waals surface area contributed by atoms with Gasteiger partial charge in [0, 0.05) is 18.6 Å². The van der Waals surface area contributed by atoms with Crippen molar-refractivity contribution in [2.24, 2.45) is 7.05 Å². The van der Waals surface area contributed by atoms with E-state index in [0.29, 0.717) is 18.1 Å². The SMILES string of the molecule is CCN(CC(=O)Nc1c(C)nn(C)c1C)Cc1cccc(Cl)c1. The number of nitrogens with one attached hydrogen (secondary N) is 1. The predicted molar refractivity (Wildman–Crippen MR) is 93.7 cm³/mol. The molecule has 124 valence electrons. The lowest BCUT2D eigenvalue weighted by Gasteiger charge is -2.20. The summed E-state index contributed by atoms with van der Waals surface area (Å²) in [6.45, 7) is 7.68. The first-order valence-electron chi connectivity index (χ1n) is 7.67. The summed E-state index contributed by atoms with van der Waals surface area (Å²) < 4.78 is 1.77. The third-order valence-corrected chi connectivity index (χ3v) is 4.12. The van der Waals surface area contributed by atoms with Crippen molar-refractivity contribution in [3.8, 4) is 0 Å². The molecule has 6 heteroatoms. The molecule has 2 aromatic rings. The number of halogens is 1. The van der Waals surface area contributed by atoms with Gasteiger partial charge in [0.1, 0.15) is 0 Å². The van der Waals surface area contributed by atoms with Crippen molar-refractivity contribution in [3.05, 3.63) is 46.2 Å². The summed E-state index contributed by atoms with van der Waals surface area (Å²) in [4.78, 5) is 14.4. The van der Waals surface area contributed by atoms with Gasteiger partial charge in [0.15, 0.2) is 0 Å². The number of aromatic nitrogens is 2. The minimum Gasteiger partial charge on any atom is -0.322 e. The molecule has 1 aromatic carbocycles. The van der Waals surface area contributed by atoms with Crippen LogP contribution in [0, 0.1) is 13.8 Å². The number of hydrogen-bond donors (Lipinski definition) is 1. The Hall–Kier alpha value is -1.85. The zero-order chi connectivity index (χ0) is 17.0. The molecule has 0 radical (unpaired) electrons. The number of carbonyl (C=O) groups excluding carboxylic acids is 1. The van der Waals surface area contributed by atoms with Crippen LogP contribution in [-0.2, 0) is 18.4 Å². The summed E-state index contributed by atoms with van der Waals surface area (Å²) in [5, 5.41) is 8.00. The number of likely N-dealkylation sites (N-methyl/N-ethyl adjacent to an activating group) is 1. The van der Waals surface area contributed by atoms with Crippen LogP contribution >= 0.6 is 11.6 Å². The van der Waals surface area contributed by atoms with Gasteiger partial charge in [-0.15, -0.1) is 0 Å². The quantitative estimate of drug-likeness (QED) is 0.882. The third kappa shape index (κ3) is 4.56. The lowest BCUT2D eigenvalue weighted by atomic mass is 10.2. The Labute approximate surface area is 142 Å². The molecule has 23 heavy (non-hydrogen) atoms. The minimum atomic E-state index is -0.0342. The maximum Gasteiger partial charge on any atom is 0.238 e. The fourth-order valence-electron chi connectivity index (χ4n) is 2.51. The molecular weight excluding hydrogens is 312 g/mol. The summed E-state index contributed by atoms with van der Waals surface area (Å²) in [7, 11) is 1.87. The van der Waals surface area contributed by atoms with Crippen molar-refractivity contribution < 1.29 is 4.79 Å². The summed E-state index contributed by atoms with van der Waals surface area (Å²) in [6, 6.07) is 7.72. The second kappa shape index (κ2) is 7.62. The van der Waals surface area contributed by atoms with Gasteiger partial charge in [-0.1, -0.05) is 30.7 Å². The standard InChI is InChI=1S/C17H23ClN4O/c1-5-22(10-14-7-6-8-15(18)9-14)11-16(23)19-17-12(2)20-21(4)13(17)3/h6-9H,5,10-11H2,1-4H3,(H,19,23). The Kier molecular flexibility index (Phi) is 5.80. The molecule has 0 unspecified atom stereocenters.